The number of piperidine rings is 1. The van der Waals surface area contributed by atoms with E-state index in [0.29, 0.717) is 6.54 Å². The summed E-state index contributed by atoms with van der Waals surface area (Å²) in [6, 6.07) is 0.737. The summed E-state index contributed by atoms with van der Waals surface area (Å²) in [6.45, 7) is 6.95. The molecular formula is C18H29N3OS. The predicted molar refractivity (Wildman–Crippen MR) is 94.6 cm³/mol. The summed E-state index contributed by atoms with van der Waals surface area (Å²) in [5.41, 5.74) is 1.07. The number of thiazole rings is 1. The number of nitrogens with one attached hydrogen (secondary N) is 1. The Balaban J connectivity index is 1.51. The summed E-state index contributed by atoms with van der Waals surface area (Å²) < 4.78 is 0. The maximum atomic E-state index is 12.6. The minimum absolute atomic E-state index is 0.170. The van der Waals surface area contributed by atoms with Crippen molar-refractivity contribution < 1.29 is 4.79 Å². The molecule has 1 N–H and O–H groups in total. The zero-order valence-electron chi connectivity index (χ0n) is 14.4. The van der Waals surface area contributed by atoms with Gasteiger partial charge in [0.15, 0.2) is 0 Å². The predicted octanol–water partition coefficient (Wildman–Crippen LogP) is 3.28. The van der Waals surface area contributed by atoms with Crippen molar-refractivity contribution in [3.05, 3.63) is 15.6 Å². The number of hydrogen-bond acceptors (Lipinski definition) is 4. The van der Waals surface area contributed by atoms with Gasteiger partial charge in [0.2, 0.25) is 5.91 Å². The first-order valence-corrected chi connectivity index (χ1v) is 9.96. The van der Waals surface area contributed by atoms with Crippen LogP contribution in [0.15, 0.2) is 0 Å². The Kier molecular flexibility index (Phi) is 5.70. The number of aryl methyl sites for hydroxylation is 2. The van der Waals surface area contributed by atoms with Gasteiger partial charge in [0, 0.05) is 17.5 Å². The van der Waals surface area contributed by atoms with Crippen LogP contribution in [0.4, 0.5) is 0 Å². The molecule has 4 nitrogen and oxygen atoms in total. The van der Waals surface area contributed by atoms with Gasteiger partial charge in [-0.15, -0.1) is 11.3 Å². The molecule has 2 fully saturated rings. The molecule has 0 radical (unpaired) electrons. The quantitative estimate of drug-likeness (QED) is 0.898. The molecule has 2 aliphatic rings. The van der Waals surface area contributed by atoms with Gasteiger partial charge in [-0.05, 0) is 45.6 Å². The number of carbonyl (C=O) groups excluding carboxylic acids is 1. The second-order valence-corrected chi connectivity index (χ2v) is 8.13. The SMILES string of the molecule is CCc1nc(C)c(CNC(=O)[C@H]2CCCN(C3CCCC3)C2)s1. The van der Waals surface area contributed by atoms with Gasteiger partial charge in [-0.3, -0.25) is 9.69 Å². The molecule has 3 rings (SSSR count). The number of likely N-dealkylation sites (tertiary alicyclic amines) is 1. The third-order valence-electron chi connectivity index (χ3n) is 5.33. The molecule has 1 atom stereocenters. The lowest BCUT2D eigenvalue weighted by molar-refractivity contribution is -0.127. The van der Waals surface area contributed by atoms with Crippen molar-refractivity contribution in [1.29, 1.82) is 0 Å². The normalized spacial score (nSPS) is 23.3. The third-order valence-corrected chi connectivity index (χ3v) is 6.63. The molecule has 5 heteroatoms. The number of aromatic nitrogens is 1. The summed E-state index contributed by atoms with van der Waals surface area (Å²) in [6.07, 6.45) is 8.55. The van der Waals surface area contributed by atoms with Crippen LogP contribution in [0.25, 0.3) is 0 Å². The second-order valence-electron chi connectivity index (χ2n) is 6.96. The molecule has 1 aliphatic heterocycles. The van der Waals surface area contributed by atoms with Crippen LogP contribution in [0.3, 0.4) is 0 Å². The van der Waals surface area contributed by atoms with Crippen LogP contribution in [0, 0.1) is 12.8 Å². The van der Waals surface area contributed by atoms with Gasteiger partial charge in [-0.1, -0.05) is 19.8 Å². The van der Waals surface area contributed by atoms with E-state index in [1.807, 2.05) is 6.92 Å². The first kappa shape index (κ1) is 16.9. The molecule has 0 spiro atoms. The van der Waals surface area contributed by atoms with Crippen molar-refractivity contribution in [2.24, 2.45) is 5.92 Å². The van der Waals surface area contributed by atoms with Gasteiger partial charge in [-0.25, -0.2) is 4.98 Å². The summed E-state index contributed by atoms with van der Waals surface area (Å²) in [5, 5.41) is 4.33. The van der Waals surface area contributed by atoms with Crippen LogP contribution in [0.2, 0.25) is 0 Å². The second kappa shape index (κ2) is 7.75. The van der Waals surface area contributed by atoms with Crippen LogP contribution >= 0.6 is 11.3 Å². The highest BCUT2D eigenvalue weighted by molar-refractivity contribution is 7.11. The Morgan fingerprint density at radius 1 is 1.30 bits per heavy atom. The lowest BCUT2D eigenvalue weighted by Gasteiger charge is -2.36. The standard InChI is InChI=1S/C18H29N3OS/c1-3-17-20-13(2)16(23-17)11-19-18(22)14-7-6-10-21(12-14)15-8-4-5-9-15/h14-15H,3-12H2,1-2H3,(H,19,22)/t14-/m0/s1. The molecule has 1 aromatic rings. The van der Waals surface area contributed by atoms with Crippen LogP contribution in [0.5, 0.6) is 0 Å². The maximum Gasteiger partial charge on any atom is 0.224 e. The zero-order chi connectivity index (χ0) is 16.2. The van der Waals surface area contributed by atoms with E-state index < -0.39 is 0 Å². The molecule has 2 heterocycles. The average Bonchev–Trinajstić information content (AvgIpc) is 3.22. The van der Waals surface area contributed by atoms with Crippen molar-refractivity contribution in [3.63, 3.8) is 0 Å². The highest BCUT2D eigenvalue weighted by Crippen LogP contribution is 2.28. The smallest absolute Gasteiger partial charge is 0.224 e. The summed E-state index contributed by atoms with van der Waals surface area (Å²) in [5.74, 6) is 0.404. The molecule has 128 valence electrons. The molecule has 1 aromatic heterocycles. The van der Waals surface area contributed by atoms with E-state index in [1.54, 1.807) is 11.3 Å². The lowest BCUT2D eigenvalue weighted by atomic mass is 9.95. The fourth-order valence-electron chi connectivity index (χ4n) is 3.94. The van der Waals surface area contributed by atoms with E-state index in [4.69, 9.17) is 0 Å². The Labute approximate surface area is 143 Å². The van der Waals surface area contributed by atoms with Gasteiger partial charge in [0.05, 0.1) is 23.2 Å². The van der Waals surface area contributed by atoms with Gasteiger partial charge >= 0.3 is 0 Å². The Bertz CT molecular complexity index is 536. The molecule has 1 amide bonds. The van der Waals surface area contributed by atoms with E-state index in [9.17, 15) is 4.79 Å². The largest absolute Gasteiger partial charge is 0.351 e. The number of amides is 1. The van der Waals surface area contributed by atoms with Crippen molar-refractivity contribution in [3.8, 4) is 0 Å². The van der Waals surface area contributed by atoms with Crippen LogP contribution in [-0.2, 0) is 17.8 Å². The van der Waals surface area contributed by atoms with E-state index in [0.717, 1.165) is 42.6 Å². The molecule has 1 saturated carbocycles. The fraction of sp³-hybridized carbons (Fsp3) is 0.778. The first-order chi connectivity index (χ1) is 11.2. The topological polar surface area (TPSA) is 45.2 Å². The van der Waals surface area contributed by atoms with Crippen LogP contribution in [-0.4, -0.2) is 34.9 Å². The highest BCUT2D eigenvalue weighted by atomic mass is 32.1. The maximum absolute atomic E-state index is 12.6. The monoisotopic (exact) mass is 335 g/mol. The van der Waals surface area contributed by atoms with Gasteiger partial charge < -0.3 is 5.32 Å². The molecular weight excluding hydrogens is 306 g/mol. The average molecular weight is 336 g/mol. The van der Waals surface area contributed by atoms with Crippen LogP contribution in [0.1, 0.15) is 61.0 Å². The van der Waals surface area contributed by atoms with Crippen molar-refractivity contribution in [1.82, 2.24) is 15.2 Å². The highest BCUT2D eigenvalue weighted by Gasteiger charge is 2.30. The molecule has 23 heavy (non-hydrogen) atoms. The Hall–Kier alpha value is -0.940. The molecule has 0 unspecified atom stereocenters. The molecule has 1 saturated heterocycles. The Morgan fingerprint density at radius 3 is 2.78 bits per heavy atom. The van der Waals surface area contributed by atoms with E-state index in [1.165, 1.54) is 37.1 Å². The molecule has 1 aliphatic carbocycles. The first-order valence-electron chi connectivity index (χ1n) is 9.14. The summed E-state index contributed by atoms with van der Waals surface area (Å²) in [7, 11) is 0. The lowest BCUT2D eigenvalue weighted by Crippen LogP contribution is -2.46. The van der Waals surface area contributed by atoms with Gasteiger partial charge in [-0.2, -0.15) is 0 Å². The van der Waals surface area contributed by atoms with Gasteiger partial charge in [0.1, 0.15) is 0 Å². The van der Waals surface area contributed by atoms with E-state index >= 15 is 0 Å². The summed E-state index contributed by atoms with van der Waals surface area (Å²) in [4.78, 5) is 20.9. The number of nitrogens with zero attached hydrogens (tertiary/aromatic N) is 2. The number of hydrogen-bond donors (Lipinski definition) is 1. The number of carbonyl (C=O) groups is 1. The number of rotatable bonds is 5. The van der Waals surface area contributed by atoms with E-state index in [-0.39, 0.29) is 11.8 Å². The zero-order valence-corrected chi connectivity index (χ0v) is 15.3. The minimum Gasteiger partial charge on any atom is -0.351 e. The third kappa shape index (κ3) is 4.13. The van der Waals surface area contributed by atoms with E-state index in [2.05, 4.69) is 22.1 Å². The summed E-state index contributed by atoms with van der Waals surface area (Å²) >= 11 is 1.73. The minimum atomic E-state index is 0.170. The van der Waals surface area contributed by atoms with Crippen LogP contribution < -0.4 is 5.32 Å². The molecule has 0 bridgehead atoms. The van der Waals surface area contributed by atoms with Crippen molar-refractivity contribution >= 4 is 17.2 Å². The Morgan fingerprint density at radius 2 is 2.09 bits per heavy atom. The van der Waals surface area contributed by atoms with Crippen molar-refractivity contribution in [2.45, 2.75) is 71.4 Å². The fourth-order valence-corrected chi connectivity index (χ4v) is 4.89. The van der Waals surface area contributed by atoms with Crippen molar-refractivity contribution in [2.75, 3.05) is 13.1 Å². The van der Waals surface area contributed by atoms with Gasteiger partial charge in [0.25, 0.3) is 0 Å². The molecule has 0 aromatic carbocycles.